The van der Waals surface area contributed by atoms with Crippen molar-refractivity contribution >= 4 is 5.97 Å². The van der Waals surface area contributed by atoms with Crippen LogP contribution in [0, 0.1) is 23.2 Å². The first-order valence-corrected chi connectivity index (χ1v) is 3.97. The average Bonchev–Trinajstić information content (AvgIpc) is 2.05. The average molecular weight is 165 g/mol. The number of carbonyl (C=O) groups is 1. The van der Waals surface area contributed by atoms with E-state index in [1.54, 1.807) is 6.08 Å². The molecule has 1 aliphatic carbocycles. The van der Waals surface area contributed by atoms with E-state index >= 15 is 0 Å². The summed E-state index contributed by atoms with van der Waals surface area (Å²) < 4.78 is 0. The van der Waals surface area contributed by atoms with E-state index in [9.17, 15) is 4.79 Å². The lowest BCUT2D eigenvalue weighted by Crippen LogP contribution is -2.18. The smallest absolute Gasteiger partial charge is 0.331 e. The maximum atomic E-state index is 10.5. The van der Waals surface area contributed by atoms with Crippen LogP contribution in [0.1, 0.15) is 19.8 Å². The van der Waals surface area contributed by atoms with E-state index in [2.05, 4.69) is 6.07 Å². The van der Waals surface area contributed by atoms with Crippen molar-refractivity contribution in [3.8, 4) is 6.07 Å². The van der Waals surface area contributed by atoms with Crippen molar-refractivity contribution in [3.63, 3.8) is 0 Å². The molecule has 0 radical (unpaired) electrons. The van der Waals surface area contributed by atoms with Gasteiger partial charge in [-0.25, -0.2) is 4.79 Å². The summed E-state index contributed by atoms with van der Waals surface area (Å²) in [6.45, 7) is 1.98. The third-order valence-corrected chi connectivity index (χ3v) is 2.30. The number of hydrogen-bond donors (Lipinski definition) is 1. The lowest BCUT2D eigenvalue weighted by Gasteiger charge is -2.21. The summed E-state index contributed by atoms with van der Waals surface area (Å²) in [5.41, 5.74) is 0.389. The zero-order chi connectivity index (χ0) is 9.14. The van der Waals surface area contributed by atoms with Gasteiger partial charge in [-0.2, -0.15) is 5.26 Å². The molecule has 0 aliphatic heterocycles. The van der Waals surface area contributed by atoms with Crippen LogP contribution >= 0.6 is 0 Å². The summed E-state index contributed by atoms with van der Waals surface area (Å²) in [6.07, 6.45) is 2.83. The number of hydrogen-bond acceptors (Lipinski definition) is 2. The summed E-state index contributed by atoms with van der Waals surface area (Å²) in [5.74, 6) is -0.721. The van der Waals surface area contributed by atoms with Crippen LogP contribution in [0.4, 0.5) is 0 Å². The van der Waals surface area contributed by atoms with Crippen LogP contribution in [0.25, 0.3) is 0 Å². The number of allylic oxidation sites excluding steroid dienone is 1. The molecule has 0 aromatic heterocycles. The Morgan fingerprint density at radius 2 is 2.50 bits per heavy atom. The van der Waals surface area contributed by atoms with Crippen molar-refractivity contribution in [1.82, 2.24) is 0 Å². The Labute approximate surface area is 71.3 Å². The molecule has 3 nitrogen and oxygen atoms in total. The molecule has 0 heterocycles. The molecule has 0 bridgehead atoms. The number of carboxylic acid groups (broad SMARTS) is 1. The second-order valence-electron chi connectivity index (χ2n) is 3.19. The van der Waals surface area contributed by atoms with E-state index in [1.807, 2.05) is 6.92 Å². The zero-order valence-corrected chi connectivity index (χ0v) is 6.95. The van der Waals surface area contributed by atoms with Crippen molar-refractivity contribution in [2.24, 2.45) is 11.8 Å². The first-order valence-electron chi connectivity index (χ1n) is 3.97. The zero-order valence-electron chi connectivity index (χ0n) is 6.95. The monoisotopic (exact) mass is 165 g/mol. The molecular formula is C9H11NO2. The van der Waals surface area contributed by atoms with Crippen LogP contribution < -0.4 is 0 Å². The largest absolute Gasteiger partial charge is 0.478 e. The van der Waals surface area contributed by atoms with E-state index in [0.717, 1.165) is 0 Å². The second-order valence-corrected chi connectivity index (χ2v) is 3.19. The molecule has 0 saturated carbocycles. The maximum absolute atomic E-state index is 10.5. The Bertz CT molecular complexity index is 262. The van der Waals surface area contributed by atoms with Crippen LogP contribution in [-0.4, -0.2) is 11.1 Å². The normalized spacial score (nSPS) is 28.8. The highest BCUT2D eigenvalue weighted by molar-refractivity contribution is 5.86. The van der Waals surface area contributed by atoms with Gasteiger partial charge in [0.15, 0.2) is 0 Å². The van der Waals surface area contributed by atoms with Gasteiger partial charge in [0.05, 0.1) is 12.0 Å². The van der Waals surface area contributed by atoms with E-state index < -0.39 is 5.97 Å². The van der Waals surface area contributed by atoms with Gasteiger partial charge in [0.2, 0.25) is 0 Å². The highest BCUT2D eigenvalue weighted by atomic mass is 16.4. The van der Waals surface area contributed by atoms with Gasteiger partial charge >= 0.3 is 5.97 Å². The molecule has 0 saturated heterocycles. The molecule has 0 spiro atoms. The van der Waals surface area contributed by atoms with Crippen LogP contribution in [0.5, 0.6) is 0 Å². The van der Waals surface area contributed by atoms with E-state index in [0.29, 0.717) is 18.4 Å². The highest BCUT2D eigenvalue weighted by Gasteiger charge is 2.24. The van der Waals surface area contributed by atoms with E-state index in [-0.39, 0.29) is 11.8 Å². The molecule has 0 fully saturated rings. The number of nitriles is 1. The lowest BCUT2D eigenvalue weighted by atomic mass is 9.82. The summed E-state index contributed by atoms with van der Waals surface area (Å²) >= 11 is 0. The molecule has 0 amide bonds. The van der Waals surface area contributed by atoms with Crippen LogP contribution in [0.3, 0.4) is 0 Å². The fourth-order valence-corrected chi connectivity index (χ4v) is 1.36. The van der Waals surface area contributed by atoms with Crippen LogP contribution in [0.2, 0.25) is 0 Å². The fourth-order valence-electron chi connectivity index (χ4n) is 1.36. The topological polar surface area (TPSA) is 61.1 Å². The summed E-state index contributed by atoms with van der Waals surface area (Å²) in [7, 11) is 0. The van der Waals surface area contributed by atoms with Gasteiger partial charge in [-0.15, -0.1) is 0 Å². The maximum Gasteiger partial charge on any atom is 0.331 e. The van der Waals surface area contributed by atoms with Gasteiger partial charge in [0, 0.05) is 5.57 Å². The SMILES string of the molecule is C[C@@H]1CC=C(C(=O)O)C[C@@H]1C#N. The molecule has 1 rings (SSSR count). The molecule has 2 atom stereocenters. The van der Waals surface area contributed by atoms with Gasteiger partial charge in [-0.05, 0) is 18.8 Å². The van der Waals surface area contributed by atoms with Crippen molar-refractivity contribution in [2.75, 3.05) is 0 Å². The molecule has 0 aromatic rings. The fraction of sp³-hybridized carbons (Fsp3) is 0.556. The number of carboxylic acids is 1. The molecule has 64 valence electrons. The minimum Gasteiger partial charge on any atom is -0.478 e. The summed E-state index contributed by atoms with van der Waals surface area (Å²) in [5, 5.41) is 17.4. The Morgan fingerprint density at radius 3 is 3.00 bits per heavy atom. The first-order chi connectivity index (χ1) is 5.65. The lowest BCUT2D eigenvalue weighted by molar-refractivity contribution is -0.133. The predicted molar refractivity (Wildman–Crippen MR) is 43.2 cm³/mol. The molecule has 1 N–H and O–H groups in total. The Morgan fingerprint density at radius 1 is 1.83 bits per heavy atom. The van der Waals surface area contributed by atoms with Crippen molar-refractivity contribution < 1.29 is 9.90 Å². The van der Waals surface area contributed by atoms with Crippen LogP contribution in [0.15, 0.2) is 11.6 Å². The van der Waals surface area contributed by atoms with Gasteiger partial charge in [-0.3, -0.25) is 0 Å². The Balaban J connectivity index is 2.74. The van der Waals surface area contributed by atoms with Gasteiger partial charge in [-0.1, -0.05) is 13.0 Å². The van der Waals surface area contributed by atoms with Gasteiger partial charge < -0.3 is 5.11 Å². The molecule has 12 heavy (non-hydrogen) atoms. The Hall–Kier alpha value is -1.30. The number of rotatable bonds is 1. The summed E-state index contributed by atoms with van der Waals surface area (Å²) in [6, 6.07) is 2.13. The minimum absolute atomic E-state index is 0.124. The number of nitrogens with zero attached hydrogens (tertiary/aromatic N) is 1. The standard InChI is InChI=1S/C9H11NO2/c1-6-2-3-7(9(11)12)4-8(6)5-10/h3,6,8H,2,4H2,1H3,(H,11,12)/t6-,8-/m1/s1. The van der Waals surface area contributed by atoms with E-state index in [1.165, 1.54) is 0 Å². The van der Waals surface area contributed by atoms with E-state index in [4.69, 9.17) is 10.4 Å². The van der Waals surface area contributed by atoms with Crippen LogP contribution in [-0.2, 0) is 4.79 Å². The molecule has 3 heteroatoms. The van der Waals surface area contributed by atoms with Crippen molar-refractivity contribution in [1.29, 1.82) is 5.26 Å². The molecular weight excluding hydrogens is 154 g/mol. The molecule has 0 aromatic carbocycles. The first kappa shape index (κ1) is 8.79. The van der Waals surface area contributed by atoms with Gasteiger partial charge in [0.25, 0.3) is 0 Å². The third-order valence-electron chi connectivity index (χ3n) is 2.30. The highest BCUT2D eigenvalue weighted by Crippen LogP contribution is 2.28. The van der Waals surface area contributed by atoms with Crippen molar-refractivity contribution in [3.05, 3.63) is 11.6 Å². The second kappa shape index (κ2) is 3.40. The van der Waals surface area contributed by atoms with Crippen molar-refractivity contribution in [2.45, 2.75) is 19.8 Å². The predicted octanol–water partition coefficient (Wildman–Crippen LogP) is 1.57. The molecule has 0 unspecified atom stereocenters. The third kappa shape index (κ3) is 1.65. The Kier molecular flexibility index (Phi) is 2.49. The summed E-state index contributed by atoms with van der Waals surface area (Å²) in [4.78, 5) is 10.5. The minimum atomic E-state index is -0.887. The number of aliphatic carboxylic acids is 1. The quantitative estimate of drug-likeness (QED) is 0.641. The van der Waals surface area contributed by atoms with Gasteiger partial charge in [0.1, 0.15) is 0 Å². The molecule has 1 aliphatic rings.